The molecule has 4 aliphatic rings. The smallest absolute Gasteiger partial charge is 0.304 e. The van der Waals surface area contributed by atoms with Crippen molar-refractivity contribution in [3.63, 3.8) is 0 Å². The maximum atomic E-state index is 17.7. The first-order valence-electron chi connectivity index (χ1n) is 20.9. The number of benzene rings is 3. The molecule has 350 valence electrons. The Morgan fingerprint density at radius 1 is 0.881 bits per heavy atom. The van der Waals surface area contributed by atoms with Crippen molar-refractivity contribution in [3.05, 3.63) is 104 Å². The number of imide groups is 1. The van der Waals surface area contributed by atoms with Crippen LogP contribution in [0.2, 0.25) is 0 Å². The number of ether oxygens (including phenoxy) is 1. The Bertz CT molecular complexity index is 3420. The van der Waals surface area contributed by atoms with E-state index in [1.165, 1.54) is 29.6 Å². The number of rotatable bonds is 12. The van der Waals surface area contributed by atoms with Gasteiger partial charge in [0, 0.05) is 101 Å². The Morgan fingerprint density at radius 2 is 1.60 bits per heavy atom. The van der Waals surface area contributed by atoms with Gasteiger partial charge in [-0.2, -0.15) is 16.8 Å². The predicted octanol–water partition coefficient (Wildman–Crippen LogP) is 6.63. The topological polar surface area (TPSA) is 191 Å². The van der Waals surface area contributed by atoms with Gasteiger partial charge in [0.2, 0.25) is 11.3 Å². The van der Waals surface area contributed by atoms with Gasteiger partial charge in [0.15, 0.2) is 5.54 Å². The number of halogens is 2. The molecule has 3 amide bonds. The highest BCUT2D eigenvalue weighted by Gasteiger charge is 2.43. The van der Waals surface area contributed by atoms with Gasteiger partial charge in [-0.25, -0.2) is 13.4 Å². The third-order valence-corrected chi connectivity index (χ3v) is 18.4. The van der Waals surface area contributed by atoms with Crippen molar-refractivity contribution in [2.45, 2.75) is 72.0 Å². The number of fused-ring (bicyclic) bond motifs is 8. The Morgan fingerprint density at radius 3 is 2.28 bits per heavy atom. The fourth-order valence-corrected chi connectivity index (χ4v) is 13.7. The number of carbonyl (C=O) groups excluding carboxylic acids is 3. The molecule has 67 heavy (non-hydrogen) atoms. The summed E-state index contributed by atoms with van der Waals surface area (Å²) in [4.78, 5) is 39.4. The van der Waals surface area contributed by atoms with E-state index in [2.05, 4.69) is 24.1 Å². The molecule has 0 radical (unpaired) electrons. The van der Waals surface area contributed by atoms with Gasteiger partial charge >= 0.3 is 10.1 Å². The standard InChI is InChI=1S/C46H42F2N4O10S5/c1-45(2)27-12-15-63-42(27)23-16-25-32(20-30(23)50(45)5)62-33-21-31-24(43-28(46(3,4)51(31)6)18-38(65-43)66(56,57)58)17-26(33)39(25)40-41(48)34(19-29(47)44(40)67(59,60)61)64-22-35(53)49-13-8-7-9-14-52-36(54)10-11-37(52)55/h10-12,15-21H,7-9,13-14,22H2,1-6H3,(H2-,49,53,56,57,58,59,60,61)/p+1. The molecule has 0 bridgehead atoms. The highest BCUT2D eigenvalue weighted by atomic mass is 32.3. The van der Waals surface area contributed by atoms with E-state index in [0.717, 1.165) is 32.4 Å². The summed E-state index contributed by atoms with van der Waals surface area (Å²) in [5.41, 5.74) is 1.27. The van der Waals surface area contributed by atoms with Crippen molar-refractivity contribution in [1.29, 1.82) is 0 Å². The van der Waals surface area contributed by atoms with Crippen LogP contribution in [0.25, 0.3) is 26.5 Å². The van der Waals surface area contributed by atoms with Gasteiger partial charge in [-0.3, -0.25) is 28.4 Å². The van der Waals surface area contributed by atoms with E-state index in [1.807, 2.05) is 36.9 Å². The van der Waals surface area contributed by atoms with Gasteiger partial charge in [0.05, 0.1) is 27.8 Å². The maximum Gasteiger partial charge on any atom is 0.304 e. The van der Waals surface area contributed by atoms with Crippen LogP contribution >= 0.6 is 34.4 Å². The van der Waals surface area contributed by atoms with E-state index in [4.69, 9.17) is 4.74 Å². The normalized spacial score (nSPS) is 16.6. The Balaban J connectivity index is 1.20. The molecule has 14 nitrogen and oxygen atoms in total. The highest BCUT2D eigenvalue weighted by Crippen LogP contribution is 2.54. The van der Waals surface area contributed by atoms with Crippen molar-refractivity contribution < 1.29 is 53.8 Å². The summed E-state index contributed by atoms with van der Waals surface area (Å²) in [7, 11) is -6.47. The number of carbonyl (C=O) groups is 3. The van der Waals surface area contributed by atoms with Crippen LogP contribution in [-0.4, -0.2) is 81.5 Å². The van der Waals surface area contributed by atoms with Gasteiger partial charge in [-0.15, -0.1) is 34.4 Å². The van der Waals surface area contributed by atoms with Crippen LogP contribution in [0.15, 0.2) is 74.0 Å². The van der Waals surface area contributed by atoms with Gasteiger partial charge in [-0.1, -0.05) is 0 Å². The SMILES string of the molecule is CN1c2cc3c(cc2-c2sccc2C1(C)C)C(c1c(F)c(SCC(=O)NCCCCCN2C(=O)C=CC2=O)cc(F)c1S(=O)(=O)O)=c1cc2c(cc1O3)=[N+](C)C(C)(C)c1cc(S(=O)(=O)O)sc1-2. The number of hydrogen-bond acceptors (Lipinski definition) is 12. The molecule has 0 saturated heterocycles. The number of amides is 3. The third-order valence-electron chi connectivity index (χ3n) is 13.1. The lowest BCUT2D eigenvalue weighted by atomic mass is 9.83. The predicted molar refractivity (Wildman–Crippen MR) is 251 cm³/mol. The lowest BCUT2D eigenvalue weighted by molar-refractivity contribution is -0.136. The monoisotopic (exact) mass is 1010 g/mol. The molecule has 3 aromatic carbocycles. The first kappa shape index (κ1) is 46.8. The number of thioether (sulfide) groups is 1. The first-order chi connectivity index (χ1) is 31.4. The second-order valence-corrected chi connectivity index (χ2v) is 23.6. The van der Waals surface area contributed by atoms with Crippen molar-refractivity contribution >= 4 is 83.7 Å². The second-order valence-electron chi connectivity index (χ2n) is 17.6. The second kappa shape index (κ2) is 16.4. The molecule has 0 saturated carbocycles. The number of anilines is 1. The average molecular weight is 1010 g/mol. The zero-order valence-corrected chi connectivity index (χ0v) is 40.9. The average Bonchev–Trinajstić information content (AvgIpc) is 4.02. The zero-order chi connectivity index (χ0) is 48.3. The Hall–Kier alpha value is -5.29. The summed E-state index contributed by atoms with van der Waals surface area (Å²) in [6.07, 6.45) is 4.00. The fraction of sp³-hybridized carbons (Fsp3) is 0.304. The number of nitrogens with one attached hydrogen (secondary N) is 1. The molecular formula is C46H43F2N4O10S5+. The lowest BCUT2D eigenvalue weighted by Crippen LogP contribution is -2.46. The van der Waals surface area contributed by atoms with Gasteiger partial charge < -0.3 is 15.0 Å². The fourth-order valence-electron chi connectivity index (χ4n) is 9.07. The third kappa shape index (κ3) is 7.81. The van der Waals surface area contributed by atoms with E-state index >= 15 is 8.78 Å². The van der Waals surface area contributed by atoms with Crippen LogP contribution < -0.4 is 30.1 Å². The number of hydrogen-bond donors (Lipinski definition) is 3. The quantitative estimate of drug-likeness (QED) is 0.0391. The summed E-state index contributed by atoms with van der Waals surface area (Å²) in [6.45, 7) is 8.31. The molecule has 3 N–H and O–H groups in total. The lowest BCUT2D eigenvalue weighted by Gasteiger charge is -2.43. The molecule has 6 heterocycles. The summed E-state index contributed by atoms with van der Waals surface area (Å²) in [5.74, 6) is -4.14. The Kier molecular flexibility index (Phi) is 11.5. The minimum absolute atomic E-state index is 0.0841. The van der Waals surface area contributed by atoms with Crippen molar-refractivity contribution in [1.82, 2.24) is 14.8 Å². The minimum Gasteiger partial charge on any atom is -0.456 e. The first-order valence-corrected chi connectivity index (χ1v) is 26.5. The van der Waals surface area contributed by atoms with E-state index in [1.54, 1.807) is 31.3 Å². The number of unbranched alkanes of at least 4 members (excludes halogenated alkanes) is 2. The minimum atomic E-state index is -5.52. The highest BCUT2D eigenvalue weighted by molar-refractivity contribution is 8.00. The summed E-state index contributed by atoms with van der Waals surface area (Å²) in [6, 6.07) is 10.7. The molecule has 0 aliphatic carbocycles. The van der Waals surface area contributed by atoms with E-state index in [-0.39, 0.29) is 57.0 Å². The van der Waals surface area contributed by atoms with Gasteiger partial charge in [0.1, 0.15) is 39.3 Å². The summed E-state index contributed by atoms with van der Waals surface area (Å²) >= 11 is 2.91. The van der Waals surface area contributed by atoms with Gasteiger partial charge in [-0.05, 0) is 74.4 Å². The zero-order valence-electron chi connectivity index (χ0n) is 36.8. The van der Waals surface area contributed by atoms with Crippen LogP contribution in [0, 0.1) is 11.6 Å². The molecule has 0 spiro atoms. The van der Waals surface area contributed by atoms with E-state index in [9.17, 15) is 40.3 Å². The molecule has 21 heteroatoms. The summed E-state index contributed by atoms with van der Waals surface area (Å²) in [5, 5.41) is 5.30. The molecule has 2 aromatic heterocycles. The molecule has 0 unspecified atom stereocenters. The Labute approximate surface area is 396 Å². The molecule has 0 atom stereocenters. The molecule has 5 aromatic rings. The largest absolute Gasteiger partial charge is 0.456 e. The van der Waals surface area contributed by atoms with Crippen molar-refractivity contribution in [3.8, 4) is 32.4 Å². The van der Waals surface area contributed by atoms with Gasteiger partial charge in [0.25, 0.3) is 21.9 Å². The molecule has 0 fully saturated rings. The van der Waals surface area contributed by atoms with E-state index in [0.29, 0.717) is 64.0 Å². The summed E-state index contributed by atoms with van der Waals surface area (Å²) < 4.78 is 115. The van der Waals surface area contributed by atoms with Crippen LogP contribution in [-0.2, 0) is 45.7 Å². The maximum absolute atomic E-state index is 17.7. The van der Waals surface area contributed by atoms with Crippen molar-refractivity contribution in [2.24, 2.45) is 0 Å². The van der Waals surface area contributed by atoms with Crippen LogP contribution in [0.4, 0.5) is 14.5 Å². The number of thiophene rings is 2. The van der Waals surface area contributed by atoms with Crippen LogP contribution in [0.1, 0.15) is 69.2 Å². The van der Waals surface area contributed by atoms with Crippen LogP contribution in [0.5, 0.6) is 11.5 Å². The number of nitrogens with zero attached hydrogens (tertiary/aromatic N) is 3. The molecular weight excluding hydrogens is 967 g/mol. The molecule has 9 rings (SSSR count). The van der Waals surface area contributed by atoms with E-state index < -0.39 is 70.0 Å². The molecule has 4 aliphatic heterocycles. The van der Waals surface area contributed by atoms with Crippen molar-refractivity contribution in [2.75, 3.05) is 37.8 Å². The van der Waals surface area contributed by atoms with Crippen LogP contribution in [0.3, 0.4) is 0 Å².